The van der Waals surface area contributed by atoms with Crippen molar-refractivity contribution in [1.82, 2.24) is 10.2 Å². The van der Waals surface area contributed by atoms with E-state index in [4.69, 9.17) is 11.6 Å². The molecule has 1 amide bonds. The number of benzene rings is 1. The highest BCUT2D eigenvalue weighted by molar-refractivity contribution is 6.33. The van der Waals surface area contributed by atoms with Crippen molar-refractivity contribution in [3.8, 4) is 0 Å². The molecule has 0 aromatic heterocycles. The van der Waals surface area contributed by atoms with Gasteiger partial charge in [-0.05, 0) is 51.8 Å². The number of carbonyl (C=O) groups is 1. The standard InChI is InChI=1S/C15H21ClF3N3O/c1-22(2)9-3-7-20-8-6-14(23)21-13-10-11(15(17,18)19)4-5-12(13)16/h4-5,10,20H,3,6-9H2,1-2H3,(H,21,23). The lowest BCUT2D eigenvalue weighted by Gasteiger charge is -2.12. The zero-order valence-corrected chi connectivity index (χ0v) is 13.9. The Kier molecular flexibility index (Phi) is 7.81. The van der Waals surface area contributed by atoms with E-state index in [9.17, 15) is 18.0 Å². The molecule has 0 bridgehead atoms. The molecular weight excluding hydrogens is 331 g/mol. The summed E-state index contributed by atoms with van der Waals surface area (Å²) in [6.07, 6.45) is -3.36. The van der Waals surface area contributed by atoms with Crippen LogP contribution in [-0.2, 0) is 11.0 Å². The summed E-state index contributed by atoms with van der Waals surface area (Å²) in [4.78, 5) is 13.8. The van der Waals surface area contributed by atoms with E-state index < -0.39 is 11.7 Å². The van der Waals surface area contributed by atoms with E-state index in [1.807, 2.05) is 14.1 Å². The molecule has 1 aromatic rings. The van der Waals surface area contributed by atoms with Gasteiger partial charge < -0.3 is 15.5 Å². The first-order valence-electron chi connectivity index (χ1n) is 7.22. The Morgan fingerprint density at radius 1 is 1.26 bits per heavy atom. The third-order valence-corrected chi connectivity index (χ3v) is 3.39. The van der Waals surface area contributed by atoms with Gasteiger partial charge in [0.15, 0.2) is 0 Å². The second-order valence-corrected chi connectivity index (χ2v) is 5.80. The minimum Gasteiger partial charge on any atom is -0.325 e. The molecule has 0 aliphatic rings. The molecule has 0 radical (unpaired) electrons. The molecule has 0 spiro atoms. The van der Waals surface area contributed by atoms with Crippen LogP contribution in [0.4, 0.5) is 18.9 Å². The van der Waals surface area contributed by atoms with Crippen LogP contribution in [0.25, 0.3) is 0 Å². The van der Waals surface area contributed by atoms with Gasteiger partial charge in [0, 0.05) is 13.0 Å². The van der Waals surface area contributed by atoms with Crippen LogP contribution in [0.3, 0.4) is 0 Å². The molecule has 4 nitrogen and oxygen atoms in total. The maximum atomic E-state index is 12.6. The normalized spacial score (nSPS) is 11.8. The predicted molar refractivity (Wildman–Crippen MR) is 85.7 cm³/mol. The summed E-state index contributed by atoms with van der Waals surface area (Å²) in [6, 6.07) is 2.84. The molecule has 0 saturated carbocycles. The molecule has 2 N–H and O–H groups in total. The second kappa shape index (κ2) is 9.10. The maximum Gasteiger partial charge on any atom is 0.416 e. The van der Waals surface area contributed by atoms with Crippen LogP contribution < -0.4 is 10.6 Å². The summed E-state index contributed by atoms with van der Waals surface area (Å²) < 4.78 is 37.9. The largest absolute Gasteiger partial charge is 0.416 e. The van der Waals surface area contributed by atoms with Crippen molar-refractivity contribution in [3.05, 3.63) is 28.8 Å². The van der Waals surface area contributed by atoms with Gasteiger partial charge in [0.1, 0.15) is 0 Å². The number of alkyl halides is 3. The summed E-state index contributed by atoms with van der Waals surface area (Å²) in [7, 11) is 3.96. The van der Waals surface area contributed by atoms with E-state index in [0.29, 0.717) is 6.54 Å². The van der Waals surface area contributed by atoms with Gasteiger partial charge >= 0.3 is 6.18 Å². The van der Waals surface area contributed by atoms with E-state index in [1.54, 1.807) is 0 Å². The Labute approximate surface area is 139 Å². The number of nitrogens with one attached hydrogen (secondary N) is 2. The van der Waals surface area contributed by atoms with Crippen molar-refractivity contribution in [2.45, 2.75) is 19.0 Å². The molecule has 0 aliphatic heterocycles. The number of hydrogen-bond donors (Lipinski definition) is 2. The summed E-state index contributed by atoms with van der Waals surface area (Å²) in [5, 5.41) is 5.59. The smallest absolute Gasteiger partial charge is 0.325 e. The summed E-state index contributed by atoms with van der Waals surface area (Å²) in [5.41, 5.74) is -0.877. The fourth-order valence-electron chi connectivity index (χ4n) is 1.86. The molecular formula is C15H21ClF3N3O. The third kappa shape index (κ3) is 7.67. The first-order chi connectivity index (χ1) is 10.7. The maximum absolute atomic E-state index is 12.6. The Bertz CT molecular complexity index is 521. The molecule has 8 heteroatoms. The lowest BCUT2D eigenvalue weighted by Crippen LogP contribution is -2.25. The van der Waals surface area contributed by atoms with E-state index in [2.05, 4.69) is 15.5 Å². The summed E-state index contributed by atoms with van der Waals surface area (Å²) in [6.45, 7) is 2.17. The molecule has 0 atom stereocenters. The van der Waals surface area contributed by atoms with Gasteiger partial charge in [-0.3, -0.25) is 4.79 Å². The van der Waals surface area contributed by atoms with Crippen molar-refractivity contribution < 1.29 is 18.0 Å². The van der Waals surface area contributed by atoms with Gasteiger partial charge in [0.2, 0.25) is 5.91 Å². The van der Waals surface area contributed by atoms with Gasteiger partial charge in [-0.2, -0.15) is 13.2 Å². The highest BCUT2D eigenvalue weighted by Gasteiger charge is 2.31. The zero-order chi connectivity index (χ0) is 17.5. The van der Waals surface area contributed by atoms with Crippen molar-refractivity contribution in [1.29, 1.82) is 0 Å². The second-order valence-electron chi connectivity index (χ2n) is 5.40. The first-order valence-corrected chi connectivity index (χ1v) is 7.60. The zero-order valence-electron chi connectivity index (χ0n) is 13.1. The van der Waals surface area contributed by atoms with E-state index >= 15 is 0 Å². The average molecular weight is 352 g/mol. The van der Waals surface area contributed by atoms with Crippen LogP contribution in [0.1, 0.15) is 18.4 Å². The van der Waals surface area contributed by atoms with E-state index in [0.717, 1.165) is 37.7 Å². The monoisotopic (exact) mass is 351 g/mol. The molecule has 0 aliphatic carbocycles. The Morgan fingerprint density at radius 3 is 2.57 bits per heavy atom. The first kappa shape index (κ1) is 19.7. The summed E-state index contributed by atoms with van der Waals surface area (Å²) >= 11 is 5.82. The lowest BCUT2D eigenvalue weighted by molar-refractivity contribution is -0.137. The van der Waals surface area contributed by atoms with Gasteiger partial charge in [-0.25, -0.2) is 0 Å². The van der Waals surface area contributed by atoms with Gasteiger partial charge in [-0.15, -0.1) is 0 Å². The Balaban J connectivity index is 2.42. The van der Waals surface area contributed by atoms with Gasteiger partial charge in [0.05, 0.1) is 16.3 Å². The highest BCUT2D eigenvalue weighted by atomic mass is 35.5. The molecule has 130 valence electrons. The van der Waals surface area contributed by atoms with Crippen molar-refractivity contribution in [2.24, 2.45) is 0 Å². The highest BCUT2D eigenvalue weighted by Crippen LogP contribution is 2.33. The molecule has 1 aromatic carbocycles. The number of amides is 1. The SMILES string of the molecule is CN(C)CCCNCCC(=O)Nc1cc(C(F)(F)F)ccc1Cl. The number of anilines is 1. The number of hydrogen-bond acceptors (Lipinski definition) is 3. The van der Waals surface area contributed by atoms with Crippen molar-refractivity contribution in [2.75, 3.05) is 39.0 Å². The number of nitrogens with zero attached hydrogens (tertiary/aromatic N) is 1. The number of halogens is 4. The van der Waals surface area contributed by atoms with Crippen molar-refractivity contribution in [3.63, 3.8) is 0 Å². The minimum absolute atomic E-state index is 0.0286. The Morgan fingerprint density at radius 2 is 1.96 bits per heavy atom. The Hall–Kier alpha value is -1.31. The minimum atomic E-state index is -4.47. The van der Waals surface area contributed by atoms with E-state index in [1.165, 1.54) is 0 Å². The average Bonchev–Trinajstić information content (AvgIpc) is 2.43. The van der Waals surface area contributed by atoms with Crippen LogP contribution in [0.2, 0.25) is 5.02 Å². The number of rotatable bonds is 8. The van der Waals surface area contributed by atoms with Crippen LogP contribution >= 0.6 is 11.6 Å². The van der Waals surface area contributed by atoms with Crippen LogP contribution in [0.15, 0.2) is 18.2 Å². The van der Waals surface area contributed by atoms with Crippen molar-refractivity contribution >= 4 is 23.2 Å². The lowest BCUT2D eigenvalue weighted by atomic mass is 10.2. The van der Waals surface area contributed by atoms with Crippen LogP contribution in [0, 0.1) is 0 Å². The van der Waals surface area contributed by atoms with E-state index in [-0.39, 0.29) is 23.0 Å². The third-order valence-electron chi connectivity index (χ3n) is 3.06. The fourth-order valence-corrected chi connectivity index (χ4v) is 2.02. The molecule has 0 unspecified atom stereocenters. The number of carbonyl (C=O) groups excluding carboxylic acids is 1. The quantitative estimate of drug-likeness (QED) is 0.707. The van der Waals surface area contributed by atoms with Gasteiger partial charge in [0.25, 0.3) is 0 Å². The molecule has 0 heterocycles. The summed E-state index contributed by atoms with van der Waals surface area (Å²) in [5.74, 6) is -0.383. The fraction of sp³-hybridized carbons (Fsp3) is 0.533. The van der Waals surface area contributed by atoms with Crippen LogP contribution in [-0.4, -0.2) is 44.5 Å². The van der Waals surface area contributed by atoms with Crippen LogP contribution in [0.5, 0.6) is 0 Å². The molecule has 0 fully saturated rings. The molecule has 1 rings (SSSR count). The topological polar surface area (TPSA) is 44.4 Å². The predicted octanol–water partition coefficient (Wildman–Crippen LogP) is 3.23. The van der Waals surface area contributed by atoms with Gasteiger partial charge in [-0.1, -0.05) is 11.6 Å². The molecule has 23 heavy (non-hydrogen) atoms. The molecule has 0 saturated heterocycles.